The van der Waals surface area contributed by atoms with Gasteiger partial charge in [0, 0.05) is 5.75 Å². The molecule has 1 aromatic rings. The molecule has 1 aliphatic carbocycles. The van der Waals surface area contributed by atoms with Crippen molar-refractivity contribution in [1.29, 1.82) is 0 Å². The van der Waals surface area contributed by atoms with Crippen LogP contribution in [0.2, 0.25) is 0 Å². The van der Waals surface area contributed by atoms with Gasteiger partial charge in [0.05, 0.1) is 0 Å². The Bertz CT molecular complexity index is 453. The maximum atomic E-state index is 11.1. The highest BCUT2D eigenvalue weighted by molar-refractivity contribution is 7.99. The molecule has 1 saturated carbocycles. The molecular weight excluding hydrogens is 276 g/mol. The lowest BCUT2D eigenvalue weighted by molar-refractivity contribution is -0.141. The van der Waals surface area contributed by atoms with Crippen molar-refractivity contribution < 1.29 is 9.90 Å². The molecule has 20 heavy (non-hydrogen) atoms. The summed E-state index contributed by atoms with van der Waals surface area (Å²) < 4.78 is 0. The standard InChI is InChI=1S/C13H20N4O2S/c18-12(19)11-4-10-3-8(1-2-9(10)5-14-11)6-20-13-15-7-16-17-13/h7-11,14H,1-6H2,(H,18,19)(H,15,16,17)/t8-,9-,10+,11-/m0/s1. The zero-order chi connectivity index (χ0) is 13.9. The quantitative estimate of drug-likeness (QED) is 0.727. The molecule has 0 bridgehead atoms. The number of thioether (sulfide) groups is 1. The van der Waals surface area contributed by atoms with E-state index in [2.05, 4.69) is 20.5 Å². The van der Waals surface area contributed by atoms with Gasteiger partial charge in [0.2, 0.25) is 0 Å². The van der Waals surface area contributed by atoms with E-state index in [1.165, 1.54) is 19.2 Å². The van der Waals surface area contributed by atoms with E-state index in [0.29, 0.717) is 17.8 Å². The van der Waals surface area contributed by atoms with Crippen LogP contribution < -0.4 is 5.32 Å². The first-order valence-corrected chi connectivity index (χ1v) is 8.15. The van der Waals surface area contributed by atoms with E-state index in [1.54, 1.807) is 11.8 Å². The molecule has 1 saturated heterocycles. The predicted molar refractivity (Wildman–Crippen MR) is 75.5 cm³/mol. The van der Waals surface area contributed by atoms with Crippen LogP contribution in [-0.4, -0.2) is 44.6 Å². The molecule has 1 aliphatic heterocycles. The maximum Gasteiger partial charge on any atom is 0.320 e. The number of carboxylic acids is 1. The van der Waals surface area contributed by atoms with Gasteiger partial charge in [-0.1, -0.05) is 11.8 Å². The normalized spacial score (nSPS) is 33.6. The molecule has 6 nitrogen and oxygen atoms in total. The van der Waals surface area contributed by atoms with E-state index < -0.39 is 5.97 Å². The molecule has 0 unspecified atom stereocenters. The molecule has 2 aliphatic rings. The summed E-state index contributed by atoms with van der Waals surface area (Å²) in [5.74, 6) is 2.23. The topological polar surface area (TPSA) is 90.9 Å². The second kappa shape index (κ2) is 6.13. The molecule has 7 heteroatoms. The number of aromatic nitrogens is 3. The first-order chi connectivity index (χ1) is 9.72. The summed E-state index contributed by atoms with van der Waals surface area (Å²) in [6.45, 7) is 0.865. The number of rotatable bonds is 4. The fourth-order valence-corrected chi connectivity index (χ4v) is 4.40. The van der Waals surface area contributed by atoms with Crippen LogP contribution in [0.15, 0.2) is 11.5 Å². The molecule has 4 atom stereocenters. The third kappa shape index (κ3) is 3.15. The number of aromatic amines is 1. The second-order valence-electron chi connectivity index (χ2n) is 5.84. The summed E-state index contributed by atoms with van der Waals surface area (Å²) in [5.41, 5.74) is 0. The zero-order valence-electron chi connectivity index (χ0n) is 11.3. The Morgan fingerprint density at radius 2 is 2.30 bits per heavy atom. The van der Waals surface area contributed by atoms with Gasteiger partial charge in [0.25, 0.3) is 0 Å². The van der Waals surface area contributed by atoms with Crippen molar-refractivity contribution in [2.45, 2.75) is 36.9 Å². The Balaban J connectivity index is 1.52. The summed E-state index contributed by atoms with van der Waals surface area (Å²) in [6.07, 6.45) is 5.91. The molecule has 0 radical (unpaired) electrons. The van der Waals surface area contributed by atoms with Crippen LogP contribution in [0.4, 0.5) is 0 Å². The molecule has 0 aromatic carbocycles. The lowest BCUT2D eigenvalue weighted by Gasteiger charge is -2.41. The van der Waals surface area contributed by atoms with E-state index in [-0.39, 0.29) is 6.04 Å². The maximum absolute atomic E-state index is 11.1. The van der Waals surface area contributed by atoms with Gasteiger partial charge in [-0.3, -0.25) is 9.89 Å². The second-order valence-corrected chi connectivity index (χ2v) is 6.84. The van der Waals surface area contributed by atoms with Gasteiger partial charge in [0.15, 0.2) is 5.16 Å². The Kier molecular flexibility index (Phi) is 4.26. The zero-order valence-corrected chi connectivity index (χ0v) is 12.1. The number of hydrogen-bond acceptors (Lipinski definition) is 5. The SMILES string of the molecule is O=C(O)[C@@H]1C[C@H]2C[C@@H](CSc3ncn[nH]3)CC[C@H]2CN1. The number of nitrogens with one attached hydrogen (secondary N) is 2. The Morgan fingerprint density at radius 3 is 3.05 bits per heavy atom. The lowest BCUT2D eigenvalue weighted by Crippen LogP contribution is -2.49. The average Bonchev–Trinajstić information content (AvgIpc) is 2.97. The van der Waals surface area contributed by atoms with Crippen molar-refractivity contribution in [3.63, 3.8) is 0 Å². The first-order valence-electron chi connectivity index (χ1n) is 7.16. The fraction of sp³-hybridized carbons (Fsp3) is 0.769. The van der Waals surface area contributed by atoms with Crippen molar-refractivity contribution in [3.8, 4) is 0 Å². The predicted octanol–water partition coefficient (Wildman–Crippen LogP) is 1.38. The Labute approximate surface area is 122 Å². The molecule has 1 aromatic heterocycles. The monoisotopic (exact) mass is 296 g/mol. The van der Waals surface area contributed by atoms with Crippen molar-refractivity contribution in [3.05, 3.63) is 6.33 Å². The number of fused-ring (bicyclic) bond motifs is 1. The molecule has 3 N–H and O–H groups in total. The highest BCUT2D eigenvalue weighted by Gasteiger charge is 2.37. The van der Waals surface area contributed by atoms with Gasteiger partial charge in [0.1, 0.15) is 12.4 Å². The lowest BCUT2D eigenvalue weighted by atomic mass is 9.70. The summed E-state index contributed by atoms with van der Waals surface area (Å²) in [4.78, 5) is 15.2. The van der Waals surface area contributed by atoms with Gasteiger partial charge < -0.3 is 10.4 Å². The molecule has 110 valence electrons. The minimum Gasteiger partial charge on any atom is -0.480 e. The van der Waals surface area contributed by atoms with Gasteiger partial charge in [-0.15, -0.1) is 0 Å². The summed E-state index contributed by atoms with van der Waals surface area (Å²) in [6, 6.07) is -0.350. The molecule has 2 fully saturated rings. The van der Waals surface area contributed by atoms with Gasteiger partial charge in [-0.25, -0.2) is 4.98 Å². The Hall–Kier alpha value is -1.08. The minimum atomic E-state index is -0.707. The smallest absolute Gasteiger partial charge is 0.320 e. The third-order valence-electron chi connectivity index (χ3n) is 4.56. The molecule has 0 amide bonds. The van der Waals surface area contributed by atoms with Gasteiger partial charge in [-0.2, -0.15) is 5.10 Å². The number of nitrogens with zero attached hydrogens (tertiary/aromatic N) is 2. The number of carbonyl (C=O) groups is 1. The number of H-pyrrole nitrogens is 1. The number of aliphatic carboxylic acids is 1. The summed E-state index contributed by atoms with van der Waals surface area (Å²) in [5, 5.41) is 19.9. The minimum absolute atomic E-state index is 0.350. The number of carboxylic acid groups (broad SMARTS) is 1. The van der Waals surface area contributed by atoms with Gasteiger partial charge in [-0.05, 0) is 50.0 Å². The van der Waals surface area contributed by atoms with Crippen molar-refractivity contribution in [2.75, 3.05) is 12.3 Å². The van der Waals surface area contributed by atoms with E-state index in [0.717, 1.165) is 30.3 Å². The van der Waals surface area contributed by atoms with Crippen LogP contribution >= 0.6 is 11.8 Å². The highest BCUT2D eigenvalue weighted by atomic mass is 32.2. The van der Waals surface area contributed by atoms with E-state index in [9.17, 15) is 4.79 Å². The van der Waals surface area contributed by atoms with Crippen molar-refractivity contribution in [1.82, 2.24) is 20.5 Å². The van der Waals surface area contributed by atoms with Crippen LogP contribution in [0.3, 0.4) is 0 Å². The van der Waals surface area contributed by atoms with E-state index in [1.807, 2.05) is 0 Å². The van der Waals surface area contributed by atoms with Crippen LogP contribution in [0.5, 0.6) is 0 Å². The average molecular weight is 296 g/mol. The summed E-state index contributed by atoms with van der Waals surface area (Å²) in [7, 11) is 0. The van der Waals surface area contributed by atoms with Gasteiger partial charge >= 0.3 is 5.97 Å². The number of hydrogen-bond donors (Lipinski definition) is 3. The van der Waals surface area contributed by atoms with E-state index in [4.69, 9.17) is 5.11 Å². The van der Waals surface area contributed by atoms with Crippen LogP contribution in [0.25, 0.3) is 0 Å². The van der Waals surface area contributed by atoms with Crippen LogP contribution in [0.1, 0.15) is 25.7 Å². The fourth-order valence-electron chi connectivity index (χ4n) is 3.46. The summed E-state index contributed by atoms with van der Waals surface area (Å²) >= 11 is 1.72. The third-order valence-corrected chi connectivity index (χ3v) is 5.67. The van der Waals surface area contributed by atoms with Crippen LogP contribution in [-0.2, 0) is 4.79 Å². The first kappa shape index (κ1) is 13.9. The molecule has 0 spiro atoms. The molecule has 2 heterocycles. The van der Waals surface area contributed by atoms with Crippen molar-refractivity contribution in [2.24, 2.45) is 17.8 Å². The van der Waals surface area contributed by atoms with Crippen LogP contribution in [0, 0.1) is 17.8 Å². The molecule has 3 rings (SSSR count). The van der Waals surface area contributed by atoms with Crippen molar-refractivity contribution >= 4 is 17.7 Å². The Morgan fingerprint density at radius 1 is 1.40 bits per heavy atom. The number of piperidine rings is 1. The van der Waals surface area contributed by atoms with E-state index >= 15 is 0 Å². The highest BCUT2D eigenvalue weighted by Crippen LogP contribution is 2.40. The molecular formula is C13H20N4O2S. The largest absolute Gasteiger partial charge is 0.480 e.